The van der Waals surface area contributed by atoms with Crippen molar-refractivity contribution in [1.29, 1.82) is 0 Å². The van der Waals surface area contributed by atoms with E-state index in [-0.39, 0.29) is 32.0 Å². The van der Waals surface area contributed by atoms with Gasteiger partial charge in [-0.15, -0.1) is 0 Å². The summed E-state index contributed by atoms with van der Waals surface area (Å²) in [6, 6.07) is 0. The Labute approximate surface area is 313 Å². The first-order chi connectivity index (χ1) is 24.5. The molecular weight excluding hydrogens is 665 g/mol. The number of carbonyl (C=O) groups excluding carboxylic acids is 2. The van der Waals surface area contributed by atoms with Crippen molar-refractivity contribution in [1.82, 2.24) is 0 Å². The number of rotatable bonds is 37. The predicted octanol–water partition coefficient (Wildman–Crippen LogP) is 11.2. The van der Waals surface area contributed by atoms with Crippen molar-refractivity contribution in [3.05, 3.63) is 24.3 Å². The van der Waals surface area contributed by atoms with Crippen molar-refractivity contribution in [3.8, 4) is 0 Å². The number of phosphoric acid groups is 1. The van der Waals surface area contributed by atoms with Crippen molar-refractivity contribution in [2.45, 2.75) is 180 Å². The fraction of sp³-hybridized carbons (Fsp3) is 0.854. The first-order valence-electron chi connectivity index (χ1n) is 20.6. The maximum Gasteiger partial charge on any atom is 0.472 e. The van der Waals surface area contributed by atoms with Crippen molar-refractivity contribution in [3.63, 3.8) is 0 Å². The zero-order valence-electron chi connectivity index (χ0n) is 33.6. The fourth-order valence-corrected chi connectivity index (χ4v) is 6.20. The lowest BCUT2D eigenvalue weighted by atomic mass is 10.1. The molecule has 51 heavy (non-hydrogen) atoms. The molecule has 0 aromatic carbocycles. The summed E-state index contributed by atoms with van der Waals surface area (Å²) in [5.74, 6) is -0.806. The van der Waals surface area contributed by atoms with Gasteiger partial charge in [0.1, 0.15) is 19.8 Å². The third-order valence-electron chi connectivity index (χ3n) is 8.73. The Morgan fingerprint density at radius 2 is 1.06 bits per heavy atom. The van der Waals surface area contributed by atoms with E-state index >= 15 is 0 Å². The van der Waals surface area contributed by atoms with E-state index in [0.29, 0.717) is 17.4 Å². The van der Waals surface area contributed by atoms with Crippen LogP contribution in [0.4, 0.5) is 0 Å². The normalized spacial score (nSPS) is 13.9. The summed E-state index contributed by atoms with van der Waals surface area (Å²) in [6.07, 6.45) is 35.1. The average Bonchev–Trinajstić information content (AvgIpc) is 3.07. The van der Waals surface area contributed by atoms with Gasteiger partial charge < -0.3 is 18.9 Å². The Morgan fingerprint density at radius 1 is 0.608 bits per heavy atom. The molecular formula is C41H79NO8P+. The van der Waals surface area contributed by atoms with Crippen LogP contribution < -0.4 is 0 Å². The van der Waals surface area contributed by atoms with Crippen LogP contribution in [0.3, 0.4) is 0 Å². The molecule has 1 N–H and O–H groups in total. The summed E-state index contributed by atoms with van der Waals surface area (Å²) >= 11 is 0. The SMILES string of the molecule is CCCCC/C=C\C/C=C\CCCCCCCCCC(=O)OC[C@H](COP(=O)(O)OCC[N+](C)(C)C)OC(=O)CCCCCCCCCCCC. The summed E-state index contributed by atoms with van der Waals surface area (Å²) in [6.45, 7) is 4.37. The number of ether oxygens (including phenoxy) is 2. The highest BCUT2D eigenvalue weighted by Gasteiger charge is 2.27. The number of allylic oxidation sites excluding steroid dienone is 4. The molecule has 0 rings (SSSR count). The van der Waals surface area contributed by atoms with E-state index in [1.54, 1.807) is 0 Å². The second kappa shape index (κ2) is 34.3. The van der Waals surface area contributed by atoms with E-state index in [9.17, 15) is 19.0 Å². The van der Waals surface area contributed by atoms with Gasteiger partial charge in [-0.05, 0) is 44.9 Å². The Morgan fingerprint density at radius 3 is 1.59 bits per heavy atom. The van der Waals surface area contributed by atoms with Crippen molar-refractivity contribution in [2.75, 3.05) is 47.5 Å². The van der Waals surface area contributed by atoms with Crippen LogP contribution in [-0.4, -0.2) is 74.9 Å². The first-order valence-corrected chi connectivity index (χ1v) is 22.1. The third-order valence-corrected chi connectivity index (χ3v) is 9.72. The molecule has 0 fully saturated rings. The van der Waals surface area contributed by atoms with Gasteiger partial charge in [0.05, 0.1) is 27.7 Å². The molecule has 9 nitrogen and oxygen atoms in total. The highest BCUT2D eigenvalue weighted by molar-refractivity contribution is 7.47. The van der Waals surface area contributed by atoms with Crippen LogP contribution in [-0.2, 0) is 32.7 Å². The monoisotopic (exact) mass is 745 g/mol. The predicted molar refractivity (Wildman–Crippen MR) is 211 cm³/mol. The van der Waals surface area contributed by atoms with E-state index in [1.807, 2.05) is 21.1 Å². The van der Waals surface area contributed by atoms with Crippen LogP contribution in [0.2, 0.25) is 0 Å². The van der Waals surface area contributed by atoms with Crippen LogP contribution in [0.15, 0.2) is 24.3 Å². The lowest BCUT2D eigenvalue weighted by molar-refractivity contribution is -0.870. The maximum atomic E-state index is 12.6. The maximum absolute atomic E-state index is 12.6. The highest BCUT2D eigenvalue weighted by atomic mass is 31.2. The number of nitrogens with zero attached hydrogens (tertiary/aromatic N) is 1. The molecule has 10 heteroatoms. The van der Waals surface area contributed by atoms with Gasteiger partial charge in [-0.25, -0.2) is 4.57 Å². The lowest BCUT2D eigenvalue weighted by Gasteiger charge is -2.24. The Hall–Kier alpha value is -1.51. The molecule has 0 aliphatic rings. The minimum absolute atomic E-state index is 0.0319. The number of quaternary nitrogens is 1. The Kier molecular flexibility index (Phi) is 33.3. The van der Waals surface area contributed by atoms with Crippen molar-refractivity contribution in [2.24, 2.45) is 0 Å². The summed E-state index contributed by atoms with van der Waals surface area (Å²) in [7, 11) is 1.47. The summed E-state index contributed by atoms with van der Waals surface area (Å²) < 4.78 is 34.2. The Bertz CT molecular complexity index is 933. The lowest BCUT2D eigenvalue weighted by Crippen LogP contribution is -2.37. The number of hydrogen-bond acceptors (Lipinski definition) is 7. The molecule has 0 aromatic rings. The van der Waals surface area contributed by atoms with Gasteiger partial charge in [0.15, 0.2) is 6.10 Å². The van der Waals surface area contributed by atoms with E-state index in [2.05, 4.69) is 38.2 Å². The minimum atomic E-state index is -4.37. The Balaban J connectivity index is 4.35. The van der Waals surface area contributed by atoms with Gasteiger partial charge >= 0.3 is 19.8 Å². The van der Waals surface area contributed by atoms with Crippen LogP contribution in [0.1, 0.15) is 174 Å². The molecule has 0 spiro atoms. The van der Waals surface area contributed by atoms with E-state index in [4.69, 9.17) is 18.5 Å². The van der Waals surface area contributed by atoms with Crippen LogP contribution in [0, 0.1) is 0 Å². The third kappa shape index (κ3) is 38.0. The molecule has 0 aliphatic carbocycles. The van der Waals surface area contributed by atoms with Crippen molar-refractivity contribution < 1.29 is 42.1 Å². The summed E-state index contributed by atoms with van der Waals surface area (Å²) in [5, 5.41) is 0. The van der Waals surface area contributed by atoms with Gasteiger partial charge in [-0.3, -0.25) is 18.6 Å². The van der Waals surface area contributed by atoms with Crippen LogP contribution in [0.5, 0.6) is 0 Å². The van der Waals surface area contributed by atoms with Gasteiger partial charge in [0.25, 0.3) is 0 Å². The number of esters is 2. The van der Waals surface area contributed by atoms with E-state index in [0.717, 1.165) is 51.4 Å². The second-order valence-corrected chi connectivity index (χ2v) is 16.5. The van der Waals surface area contributed by atoms with Gasteiger partial charge in [0.2, 0.25) is 0 Å². The molecule has 0 saturated carbocycles. The molecule has 2 atom stereocenters. The molecule has 0 aliphatic heterocycles. The molecule has 0 aromatic heterocycles. The number of likely N-dealkylation sites (N-methyl/N-ethyl adjacent to an activating group) is 1. The second-order valence-electron chi connectivity index (χ2n) is 15.0. The highest BCUT2D eigenvalue weighted by Crippen LogP contribution is 2.43. The molecule has 0 amide bonds. The summed E-state index contributed by atoms with van der Waals surface area (Å²) in [4.78, 5) is 35.2. The zero-order valence-corrected chi connectivity index (χ0v) is 34.5. The molecule has 1 unspecified atom stereocenters. The fourth-order valence-electron chi connectivity index (χ4n) is 5.45. The zero-order chi connectivity index (χ0) is 37.9. The standard InChI is InChI=1S/C41H78NO8P/c1-6-8-10-12-14-16-18-19-20-21-22-23-24-26-27-29-31-33-40(43)47-37-39(38-49-51(45,46)48-36-35-42(3,4)5)50-41(44)34-32-30-28-25-17-15-13-11-9-7-2/h14,16,19-20,39H,6-13,15,17-18,21-38H2,1-5H3/p+1/b16-14-,20-19-/t39-/m1/s1. The number of phosphoric ester groups is 1. The number of unbranched alkanes of at least 4 members (excludes halogenated alkanes) is 19. The van der Waals surface area contributed by atoms with Gasteiger partial charge in [0, 0.05) is 12.8 Å². The largest absolute Gasteiger partial charge is 0.472 e. The van der Waals surface area contributed by atoms with Crippen molar-refractivity contribution >= 4 is 19.8 Å². The van der Waals surface area contributed by atoms with Crippen LogP contribution >= 0.6 is 7.82 Å². The minimum Gasteiger partial charge on any atom is -0.462 e. The number of carbonyl (C=O) groups is 2. The molecule has 0 bridgehead atoms. The summed E-state index contributed by atoms with van der Waals surface area (Å²) in [5.41, 5.74) is 0. The molecule has 0 radical (unpaired) electrons. The molecule has 300 valence electrons. The average molecular weight is 745 g/mol. The molecule has 0 heterocycles. The number of hydrogen-bond donors (Lipinski definition) is 1. The van der Waals surface area contributed by atoms with Gasteiger partial charge in [-0.1, -0.05) is 141 Å². The van der Waals surface area contributed by atoms with E-state index in [1.165, 1.54) is 89.9 Å². The quantitative estimate of drug-likeness (QED) is 0.0220. The van der Waals surface area contributed by atoms with Gasteiger partial charge in [-0.2, -0.15) is 0 Å². The molecule has 0 saturated heterocycles. The first kappa shape index (κ1) is 49.5. The van der Waals surface area contributed by atoms with Crippen LogP contribution in [0.25, 0.3) is 0 Å². The van der Waals surface area contributed by atoms with E-state index < -0.39 is 26.5 Å². The smallest absolute Gasteiger partial charge is 0.462 e. The topological polar surface area (TPSA) is 108 Å².